The maximum Gasteiger partial charge on any atom is 0.145 e. The molecule has 0 fully saturated rings. The molecule has 0 radical (unpaired) electrons. The fraction of sp³-hybridized carbons (Fsp3) is 0.143. The topological polar surface area (TPSA) is 28.5 Å². The van der Waals surface area contributed by atoms with E-state index in [1.165, 1.54) is 12.1 Å². The van der Waals surface area contributed by atoms with Crippen molar-refractivity contribution in [1.82, 2.24) is 4.98 Å². The highest BCUT2D eigenvalue weighted by Gasteiger charge is 2.18. The highest BCUT2D eigenvalue weighted by molar-refractivity contribution is 7.09. The molecule has 130 valence electrons. The van der Waals surface area contributed by atoms with E-state index < -0.39 is 0 Å². The summed E-state index contributed by atoms with van der Waals surface area (Å²) >= 11 is 1.62. The fourth-order valence-electron chi connectivity index (χ4n) is 3.02. The smallest absolute Gasteiger partial charge is 0.145 e. The van der Waals surface area contributed by atoms with E-state index in [0.717, 1.165) is 32.5 Å². The van der Waals surface area contributed by atoms with E-state index >= 15 is 0 Å². The minimum Gasteiger partial charge on any atom is -0.321 e. The summed E-state index contributed by atoms with van der Waals surface area (Å²) in [5.41, 5.74) is 3.12. The molecule has 3 aromatic rings. The van der Waals surface area contributed by atoms with Gasteiger partial charge >= 0.3 is 0 Å². The number of hydrogen-bond acceptors (Lipinski definition) is 4. The second-order valence-electron chi connectivity index (χ2n) is 6.22. The maximum absolute atomic E-state index is 13.7. The summed E-state index contributed by atoms with van der Waals surface area (Å²) in [4.78, 5) is 11.4. The number of thiazole rings is 1. The fourth-order valence-corrected chi connectivity index (χ4v) is 3.60. The van der Waals surface area contributed by atoms with Crippen molar-refractivity contribution in [1.29, 1.82) is 0 Å². The molecule has 1 aliphatic heterocycles. The van der Waals surface area contributed by atoms with Gasteiger partial charge in [0.15, 0.2) is 0 Å². The zero-order valence-corrected chi connectivity index (χ0v) is 15.4. The normalized spacial score (nSPS) is 16.3. The zero-order valence-electron chi connectivity index (χ0n) is 14.6. The molecule has 0 bridgehead atoms. The number of aromatic nitrogens is 1. The molecule has 0 N–H and O–H groups in total. The minimum absolute atomic E-state index is 0.212. The molecule has 0 unspecified atom stereocenters. The van der Waals surface area contributed by atoms with Crippen molar-refractivity contribution in [2.75, 3.05) is 4.90 Å². The molecule has 1 aliphatic rings. The van der Waals surface area contributed by atoms with Gasteiger partial charge in [0.25, 0.3) is 0 Å². The molecule has 1 aromatic heterocycles. The van der Waals surface area contributed by atoms with Gasteiger partial charge < -0.3 is 4.90 Å². The lowest BCUT2D eigenvalue weighted by Gasteiger charge is -2.29. The molecule has 1 atom stereocenters. The first-order valence-corrected chi connectivity index (χ1v) is 9.28. The molecule has 0 aliphatic carbocycles. The van der Waals surface area contributed by atoms with Crippen LogP contribution in [0.2, 0.25) is 0 Å². The Morgan fingerprint density at radius 3 is 2.77 bits per heavy atom. The quantitative estimate of drug-likeness (QED) is 0.708. The third kappa shape index (κ3) is 3.30. The Morgan fingerprint density at radius 2 is 2.00 bits per heavy atom. The summed E-state index contributed by atoms with van der Waals surface area (Å²) in [5, 5.41) is 4.64. The summed E-state index contributed by atoms with van der Waals surface area (Å²) in [6.07, 6.45) is 5.78. The number of hydrogen-bond donors (Lipinski definition) is 0. The van der Waals surface area contributed by atoms with Crippen molar-refractivity contribution in [2.45, 2.75) is 20.0 Å². The number of para-hydroxylation sites is 1. The van der Waals surface area contributed by atoms with Crippen molar-refractivity contribution in [2.24, 2.45) is 4.99 Å². The van der Waals surface area contributed by atoms with E-state index in [2.05, 4.69) is 28.9 Å². The SMILES string of the molecule is Cc1nc(C=C[C@@H]2N=c3ccc(F)cc3=CN2c2ccccc2C)cs1. The molecular weight excluding hydrogens is 345 g/mol. The first-order chi connectivity index (χ1) is 12.6. The Labute approximate surface area is 155 Å². The number of aryl methyl sites for hydroxylation is 2. The van der Waals surface area contributed by atoms with Crippen LogP contribution in [0.4, 0.5) is 10.1 Å². The molecule has 5 heteroatoms. The molecule has 3 nitrogen and oxygen atoms in total. The van der Waals surface area contributed by atoms with Crippen LogP contribution in [-0.2, 0) is 0 Å². The number of halogens is 1. The predicted octanol–water partition coefficient (Wildman–Crippen LogP) is 3.82. The molecule has 26 heavy (non-hydrogen) atoms. The van der Waals surface area contributed by atoms with E-state index in [9.17, 15) is 4.39 Å². The molecule has 2 aromatic carbocycles. The van der Waals surface area contributed by atoms with Crippen LogP contribution in [-0.4, -0.2) is 11.1 Å². The third-order valence-electron chi connectivity index (χ3n) is 4.29. The lowest BCUT2D eigenvalue weighted by atomic mass is 10.1. The molecule has 0 saturated carbocycles. The first-order valence-electron chi connectivity index (χ1n) is 8.40. The van der Waals surface area contributed by atoms with Crippen LogP contribution in [0.15, 0.2) is 58.9 Å². The number of anilines is 1. The summed E-state index contributed by atoms with van der Waals surface area (Å²) in [6, 6.07) is 12.8. The Hall–Kier alpha value is -2.79. The zero-order chi connectivity index (χ0) is 18.1. The minimum atomic E-state index is -0.258. The van der Waals surface area contributed by atoms with E-state index in [1.807, 2.05) is 42.8 Å². The molecule has 0 saturated heterocycles. The Morgan fingerprint density at radius 1 is 1.15 bits per heavy atom. The van der Waals surface area contributed by atoms with Gasteiger partial charge in [0.2, 0.25) is 0 Å². The summed E-state index contributed by atoms with van der Waals surface area (Å²) in [6.45, 7) is 4.06. The first kappa shape index (κ1) is 16.7. The van der Waals surface area contributed by atoms with Crippen LogP contribution in [0.3, 0.4) is 0 Å². The van der Waals surface area contributed by atoms with Crippen LogP contribution in [0.1, 0.15) is 16.3 Å². The van der Waals surface area contributed by atoms with Crippen LogP contribution in [0.5, 0.6) is 0 Å². The van der Waals surface area contributed by atoms with Gasteiger partial charge in [-0.3, -0.25) is 4.99 Å². The van der Waals surface area contributed by atoms with E-state index in [-0.39, 0.29) is 12.0 Å². The molecule has 2 heterocycles. The van der Waals surface area contributed by atoms with E-state index in [4.69, 9.17) is 4.99 Å². The highest BCUT2D eigenvalue weighted by Crippen LogP contribution is 2.24. The molecular formula is C21H18FN3S. The van der Waals surface area contributed by atoms with Crippen molar-refractivity contribution in [3.8, 4) is 0 Å². The van der Waals surface area contributed by atoms with E-state index in [1.54, 1.807) is 17.4 Å². The van der Waals surface area contributed by atoms with Gasteiger partial charge in [0.05, 0.1) is 16.1 Å². The average molecular weight is 363 g/mol. The standard InChI is InChI=1S/C21H18FN3S/c1-14-5-3-4-6-20(14)25-12-16-11-17(22)7-9-19(16)24-21(25)10-8-18-13-26-15(2)23-18/h3-13,21H,1-2H3/t21-/m1/s1. The van der Waals surface area contributed by atoms with E-state index in [0.29, 0.717) is 0 Å². The number of rotatable bonds is 3. The van der Waals surface area contributed by atoms with Crippen LogP contribution in [0, 0.1) is 19.7 Å². The summed E-state index contributed by atoms with van der Waals surface area (Å²) < 4.78 is 13.7. The second kappa shape index (κ2) is 6.84. The third-order valence-corrected chi connectivity index (χ3v) is 5.09. The van der Waals surface area contributed by atoms with Gasteiger partial charge in [-0.15, -0.1) is 11.3 Å². The lowest BCUT2D eigenvalue weighted by Crippen LogP contribution is -2.41. The van der Waals surface area contributed by atoms with Gasteiger partial charge in [0, 0.05) is 22.5 Å². The molecule has 4 rings (SSSR count). The Balaban J connectivity index is 1.81. The second-order valence-corrected chi connectivity index (χ2v) is 7.28. The Bertz CT molecular complexity index is 1100. The number of nitrogens with zero attached hydrogens (tertiary/aromatic N) is 3. The lowest BCUT2D eigenvalue weighted by molar-refractivity contribution is 0.624. The van der Waals surface area contributed by atoms with Gasteiger partial charge in [-0.2, -0.15) is 0 Å². The van der Waals surface area contributed by atoms with Gasteiger partial charge in [-0.25, -0.2) is 9.37 Å². The average Bonchev–Trinajstić information content (AvgIpc) is 3.05. The highest BCUT2D eigenvalue weighted by atomic mass is 32.1. The van der Waals surface area contributed by atoms with Crippen LogP contribution in [0.25, 0.3) is 12.3 Å². The van der Waals surface area contributed by atoms with Gasteiger partial charge in [-0.1, -0.05) is 18.2 Å². The Kier molecular flexibility index (Phi) is 4.39. The largest absolute Gasteiger partial charge is 0.321 e. The molecule has 0 amide bonds. The predicted molar refractivity (Wildman–Crippen MR) is 105 cm³/mol. The maximum atomic E-state index is 13.7. The van der Waals surface area contributed by atoms with Gasteiger partial charge in [-0.05, 0) is 55.8 Å². The molecule has 0 spiro atoms. The van der Waals surface area contributed by atoms with Crippen molar-refractivity contribution < 1.29 is 4.39 Å². The number of benzene rings is 2. The summed E-state index contributed by atoms with van der Waals surface area (Å²) in [5.74, 6) is -0.258. The van der Waals surface area contributed by atoms with Crippen LogP contribution < -0.4 is 15.5 Å². The van der Waals surface area contributed by atoms with Crippen molar-refractivity contribution >= 4 is 29.3 Å². The summed E-state index contributed by atoms with van der Waals surface area (Å²) in [7, 11) is 0. The van der Waals surface area contributed by atoms with Crippen molar-refractivity contribution in [3.63, 3.8) is 0 Å². The van der Waals surface area contributed by atoms with Crippen molar-refractivity contribution in [3.05, 3.63) is 86.6 Å². The van der Waals surface area contributed by atoms with Gasteiger partial charge in [0.1, 0.15) is 12.0 Å². The monoisotopic (exact) mass is 363 g/mol. The van der Waals surface area contributed by atoms with Crippen LogP contribution >= 0.6 is 11.3 Å². The number of fused-ring (bicyclic) bond motifs is 1.